The Morgan fingerprint density at radius 3 is 2.65 bits per heavy atom. The van der Waals surface area contributed by atoms with Gasteiger partial charge in [0.2, 0.25) is 0 Å². The van der Waals surface area contributed by atoms with Crippen molar-refractivity contribution in [2.45, 2.75) is 0 Å². The molecule has 0 aliphatic carbocycles. The van der Waals surface area contributed by atoms with Gasteiger partial charge in [0, 0.05) is 37.2 Å². The van der Waals surface area contributed by atoms with Crippen molar-refractivity contribution in [3.8, 4) is 5.75 Å². The Kier molecular flexibility index (Phi) is 5.63. The summed E-state index contributed by atoms with van der Waals surface area (Å²) in [5, 5.41) is 5.47. The molecule has 0 aliphatic rings. The summed E-state index contributed by atoms with van der Waals surface area (Å²) < 4.78 is 5.25. The Morgan fingerprint density at radius 2 is 1.91 bits per heavy atom. The van der Waals surface area contributed by atoms with E-state index in [9.17, 15) is 4.79 Å². The smallest absolute Gasteiger partial charge is 0.323 e. The molecule has 0 bridgehead atoms. The fourth-order valence-corrected chi connectivity index (χ4v) is 2.04. The largest absolute Gasteiger partial charge is 0.496 e. The van der Waals surface area contributed by atoms with Crippen LogP contribution in [-0.4, -0.2) is 27.2 Å². The average molecular weight is 311 g/mol. The Hall–Kier alpha value is -2.95. The molecule has 2 aromatic rings. The molecule has 2 aromatic carbocycles. The van der Waals surface area contributed by atoms with E-state index in [1.807, 2.05) is 67.5 Å². The highest BCUT2D eigenvalue weighted by atomic mass is 16.5. The Labute approximate surface area is 136 Å². The predicted molar refractivity (Wildman–Crippen MR) is 95.0 cm³/mol. The van der Waals surface area contributed by atoms with Gasteiger partial charge >= 0.3 is 6.03 Å². The summed E-state index contributed by atoms with van der Waals surface area (Å²) in [6.07, 6.45) is 3.37. The van der Waals surface area contributed by atoms with Gasteiger partial charge in [0.05, 0.1) is 7.11 Å². The van der Waals surface area contributed by atoms with E-state index in [-0.39, 0.29) is 6.03 Å². The highest BCUT2D eigenvalue weighted by molar-refractivity contribution is 5.90. The Morgan fingerprint density at radius 1 is 1.13 bits per heavy atom. The van der Waals surface area contributed by atoms with Gasteiger partial charge in [0.1, 0.15) is 5.75 Å². The number of carbonyl (C=O) groups is 1. The number of nitrogens with one attached hydrogen (secondary N) is 2. The SMILES string of the molecule is COc1ccccc1/C=C/NC(=O)Nc1cccc(N(C)C)c1. The minimum Gasteiger partial charge on any atom is -0.496 e. The standard InChI is InChI=1S/C18H21N3O2/c1-21(2)16-9-6-8-15(13-16)20-18(22)19-12-11-14-7-4-5-10-17(14)23-3/h4-13H,1-3H3,(H2,19,20,22)/b12-11+. The first kappa shape index (κ1) is 16.4. The maximum Gasteiger partial charge on any atom is 0.323 e. The fraction of sp³-hybridized carbons (Fsp3) is 0.167. The summed E-state index contributed by atoms with van der Waals surface area (Å²) >= 11 is 0. The van der Waals surface area contributed by atoms with Crippen LogP contribution in [-0.2, 0) is 0 Å². The highest BCUT2D eigenvalue weighted by Crippen LogP contribution is 2.18. The first-order valence-electron chi connectivity index (χ1n) is 7.24. The molecule has 2 rings (SSSR count). The van der Waals surface area contributed by atoms with Gasteiger partial charge in [-0.2, -0.15) is 0 Å². The van der Waals surface area contributed by atoms with Crippen molar-refractivity contribution < 1.29 is 9.53 Å². The monoisotopic (exact) mass is 311 g/mol. The van der Waals surface area contributed by atoms with E-state index in [2.05, 4.69) is 10.6 Å². The predicted octanol–water partition coefficient (Wildman–Crippen LogP) is 3.55. The molecule has 0 aromatic heterocycles. The van der Waals surface area contributed by atoms with Crippen LogP contribution in [0.1, 0.15) is 5.56 Å². The van der Waals surface area contributed by atoms with Crippen LogP contribution in [0, 0.1) is 0 Å². The molecule has 0 unspecified atom stereocenters. The van der Waals surface area contributed by atoms with Crippen molar-refractivity contribution in [1.82, 2.24) is 5.32 Å². The number of methoxy groups -OCH3 is 1. The molecule has 0 radical (unpaired) electrons. The van der Waals surface area contributed by atoms with Crippen LogP contribution in [0.3, 0.4) is 0 Å². The zero-order valence-corrected chi connectivity index (χ0v) is 13.5. The van der Waals surface area contributed by atoms with Crippen LogP contribution in [0.15, 0.2) is 54.7 Å². The summed E-state index contributed by atoms with van der Waals surface area (Å²) in [5.74, 6) is 0.754. The number of para-hydroxylation sites is 1. The second-order valence-corrected chi connectivity index (χ2v) is 5.12. The Balaban J connectivity index is 1.95. The van der Waals surface area contributed by atoms with Crippen molar-refractivity contribution in [1.29, 1.82) is 0 Å². The highest BCUT2D eigenvalue weighted by Gasteiger charge is 2.02. The minimum absolute atomic E-state index is 0.299. The summed E-state index contributed by atoms with van der Waals surface area (Å²) in [6.45, 7) is 0. The molecular formula is C18H21N3O2. The van der Waals surface area contributed by atoms with E-state index in [1.54, 1.807) is 19.4 Å². The van der Waals surface area contributed by atoms with E-state index in [4.69, 9.17) is 4.74 Å². The molecule has 0 atom stereocenters. The van der Waals surface area contributed by atoms with Gasteiger partial charge in [0.25, 0.3) is 0 Å². The van der Waals surface area contributed by atoms with Crippen molar-refractivity contribution in [2.75, 3.05) is 31.4 Å². The van der Waals surface area contributed by atoms with Crippen molar-refractivity contribution in [2.24, 2.45) is 0 Å². The second kappa shape index (κ2) is 7.89. The van der Waals surface area contributed by atoms with Gasteiger partial charge in [-0.15, -0.1) is 0 Å². The van der Waals surface area contributed by atoms with Gasteiger partial charge in [-0.25, -0.2) is 4.79 Å². The summed E-state index contributed by atoms with van der Waals surface area (Å²) in [7, 11) is 5.52. The van der Waals surface area contributed by atoms with Crippen LogP contribution in [0.4, 0.5) is 16.2 Å². The number of carbonyl (C=O) groups excluding carboxylic acids is 1. The van der Waals surface area contributed by atoms with E-state index < -0.39 is 0 Å². The molecular weight excluding hydrogens is 290 g/mol. The lowest BCUT2D eigenvalue weighted by Gasteiger charge is -2.13. The molecule has 0 saturated carbocycles. The number of urea groups is 1. The van der Waals surface area contributed by atoms with Crippen LogP contribution in [0.5, 0.6) is 5.75 Å². The fourth-order valence-electron chi connectivity index (χ4n) is 2.04. The maximum atomic E-state index is 11.9. The normalized spacial score (nSPS) is 10.4. The van der Waals surface area contributed by atoms with Gasteiger partial charge in [-0.05, 0) is 30.3 Å². The van der Waals surface area contributed by atoms with Gasteiger partial charge in [-0.1, -0.05) is 24.3 Å². The zero-order valence-electron chi connectivity index (χ0n) is 13.5. The molecule has 120 valence electrons. The van der Waals surface area contributed by atoms with E-state index in [0.29, 0.717) is 0 Å². The van der Waals surface area contributed by atoms with Gasteiger partial charge in [0.15, 0.2) is 0 Å². The molecule has 0 fully saturated rings. The van der Waals surface area contributed by atoms with Crippen LogP contribution >= 0.6 is 0 Å². The molecule has 23 heavy (non-hydrogen) atoms. The molecule has 0 heterocycles. The minimum atomic E-state index is -0.299. The van der Waals surface area contributed by atoms with Crippen LogP contribution < -0.4 is 20.3 Å². The molecule has 0 spiro atoms. The third-order valence-electron chi connectivity index (χ3n) is 3.24. The number of hydrogen-bond donors (Lipinski definition) is 2. The van der Waals surface area contributed by atoms with Crippen LogP contribution in [0.2, 0.25) is 0 Å². The number of rotatable bonds is 5. The quantitative estimate of drug-likeness (QED) is 0.888. The van der Waals surface area contributed by atoms with Crippen LogP contribution in [0.25, 0.3) is 6.08 Å². The van der Waals surface area contributed by atoms with E-state index in [1.165, 1.54) is 0 Å². The third-order valence-corrected chi connectivity index (χ3v) is 3.24. The lowest BCUT2D eigenvalue weighted by Crippen LogP contribution is -2.23. The summed E-state index contributed by atoms with van der Waals surface area (Å²) in [5.41, 5.74) is 2.65. The zero-order chi connectivity index (χ0) is 16.7. The molecule has 2 amide bonds. The van der Waals surface area contributed by atoms with Crippen molar-refractivity contribution >= 4 is 23.5 Å². The topological polar surface area (TPSA) is 53.6 Å². The summed E-state index contributed by atoms with van der Waals surface area (Å²) in [4.78, 5) is 13.9. The van der Waals surface area contributed by atoms with Crippen molar-refractivity contribution in [3.63, 3.8) is 0 Å². The van der Waals surface area contributed by atoms with E-state index in [0.717, 1.165) is 22.7 Å². The first-order chi connectivity index (χ1) is 11.1. The molecule has 5 heteroatoms. The number of ether oxygens (including phenoxy) is 1. The first-order valence-corrected chi connectivity index (χ1v) is 7.24. The molecule has 5 nitrogen and oxygen atoms in total. The Bertz CT molecular complexity index is 696. The number of hydrogen-bond acceptors (Lipinski definition) is 3. The maximum absolute atomic E-state index is 11.9. The third kappa shape index (κ3) is 4.78. The number of benzene rings is 2. The lowest BCUT2D eigenvalue weighted by atomic mass is 10.2. The molecule has 0 saturated heterocycles. The number of anilines is 2. The lowest BCUT2D eigenvalue weighted by molar-refractivity contribution is 0.255. The van der Waals surface area contributed by atoms with Crippen molar-refractivity contribution in [3.05, 3.63) is 60.3 Å². The summed E-state index contributed by atoms with van der Waals surface area (Å²) in [6, 6.07) is 14.9. The molecule has 2 N–H and O–H groups in total. The van der Waals surface area contributed by atoms with Gasteiger partial charge in [-0.3, -0.25) is 0 Å². The van der Waals surface area contributed by atoms with E-state index >= 15 is 0 Å². The number of nitrogens with zero attached hydrogens (tertiary/aromatic N) is 1. The second-order valence-electron chi connectivity index (χ2n) is 5.12. The molecule has 0 aliphatic heterocycles. The number of amides is 2. The van der Waals surface area contributed by atoms with Gasteiger partial charge < -0.3 is 20.3 Å². The average Bonchev–Trinajstić information content (AvgIpc) is 2.55.